The number of likely N-dealkylation sites (tertiary alicyclic amines) is 1. The molecule has 0 bridgehead atoms. The van der Waals surface area contributed by atoms with Gasteiger partial charge in [0.2, 0.25) is 5.91 Å². The van der Waals surface area contributed by atoms with Gasteiger partial charge in [0.05, 0.1) is 11.5 Å². The fourth-order valence-corrected chi connectivity index (χ4v) is 4.61. The van der Waals surface area contributed by atoms with Crippen LogP contribution in [0.15, 0.2) is 34.2 Å². The lowest BCUT2D eigenvalue weighted by Crippen LogP contribution is -2.44. The molecular weight excluding hydrogens is 484 g/mol. The number of amides is 3. The van der Waals surface area contributed by atoms with E-state index in [-0.39, 0.29) is 17.4 Å². The number of nitrogens with zero attached hydrogens (tertiary/aromatic N) is 2. The number of halogens is 1. The minimum absolute atomic E-state index is 0.188. The second kappa shape index (κ2) is 10.9. The summed E-state index contributed by atoms with van der Waals surface area (Å²) in [6.45, 7) is 7.42. The highest BCUT2D eigenvalue weighted by molar-refractivity contribution is 9.10. The Hall–Kier alpha value is -2.26. The van der Waals surface area contributed by atoms with Gasteiger partial charge in [-0.2, -0.15) is 0 Å². The summed E-state index contributed by atoms with van der Waals surface area (Å²) in [4.78, 5) is 40.8. The van der Waals surface area contributed by atoms with Gasteiger partial charge in [0.15, 0.2) is 11.5 Å². The number of hydrogen-bond donors (Lipinski definition) is 0. The van der Waals surface area contributed by atoms with Crippen molar-refractivity contribution in [2.75, 3.05) is 32.8 Å². The second-order valence-electron chi connectivity index (χ2n) is 7.06. The molecular formula is C22H25BrN2O5S. The van der Waals surface area contributed by atoms with Crippen LogP contribution < -0.4 is 9.47 Å². The van der Waals surface area contributed by atoms with Crippen molar-refractivity contribution in [3.05, 3.63) is 39.7 Å². The van der Waals surface area contributed by atoms with Gasteiger partial charge in [0.1, 0.15) is 13.2 Å². The van der Waals surface area contributed by atoms with Gasteiger partial charge in [0.25, 0.3) is 11.1 Å². The zero-order chi connectivity index (χ0) is 22.4. The van der Waals surface area contributed by atoms with Gasteiger partial charge in [0, 0.05) is 17.6 Å². The summed E-state index contributed by atoms with van der Waals surface area (Å²) in [5.41, 5.74) is 0.669. The van der Waals surface area contributed by atoms with Crippen molar-refractivity contribution >= 4 is 50.8 Å². The summed E-state index contributed by atoms with van der Waals surface area (Å²) in [6, 6.07) is 3.50. The minimum Gasteiger partial charge on any atom is -0.490 e. The Labute approximate surface area is 194 Å². The number of carbonyl (C=O) groups is 3. The van der Waals surface area contributed by atoms with E-state index in [0.29, 0.717) is 47.8 Å². The second-order valence-corrected chi connectivity index (χ2v) is 8.91. The van der Waals surface area contributed by atoms with Crippen LogP contribution in [0.1, 0.15) is 31.7 Å². The number of thioether (sulfide) groups is 1. The molecule has 1 aromatic rings. The lowest BCUT2D eigenvalue weighted by molar-refractivity contribution is -0.136. The quantitative estimate of drug-likeness (QED) is 0.381. The fourth-order valence-electron chi connectivity index (χ4n) is 3.35. The maximum atomic E-state index is 12.8. The number of hydrogen-bond acceptors (Lipinski definition) is 6. The van der Waals surface area contributed by atoms with E-state index in [2.05, 4.69) is 22.5 Å². The first-order valence-electron chi connectivity index (χ1n) is 10.2. The third-order valence-electron chi connectivity index (χ3n) is 4.88. The highest BCUT2D eigenvalue weighted by atomic mass is 79.9. The van der Waals surface area contributed by atoms with E-state index >= 15 is 0 Å². The zero-order valence-corrected chi connectivity index (χ0v) is 19.8. The predicted octanol–water partition coefficient (Wildman–Crippen LogP) is 4.46. The molecule has 0 atom stereocenters. The smallest absolute Gasteiger partial charge is 0.294 e. The number of ether oxygens (including phenoxy) is 2. The lowest BCUT2D eigenvalue weighted by atomic mass is 10.1. The van der Waals surface area contributed by atoms with Crippen molar-refractivity contribution in [3.8, 4) is 11.5 Å². The molecule has 1 aromatic carbocycles. The molecule has 3 rings (SSSR count). The van der Waals surface area contributed by atoms with Crippen molar-refractivity contribution in [3.63, 3.8) is 0 Å². The van der Waals surface area contributed by atoms with Gasteiger partial charge in [-0.3, -0.25) is 19.3 Å². The molecule has 2 fully saturated rings. The monoisotopic (exact) mass is 508 g/mol. The third kappa shape index (κ3) is 5.71. The van der Waals surface area contributed by atoms with Crippen LogP contribution >= 0.6 is 27.7 Å². The number of carbonyl (C=O) groups excluding carboxylic acids is 3. The van der Waals surface area contributed by atoms with Crippen LogP contribution in [0, 0.1) is 0 Å². The van der Waals surface area contributed by atoms with Crippen LogP contribution in [0.5, 0.6) is 11.5 Å². The first-order chi connectivity index (χ1) is 14.9. The summed E-state index contributed by atoms with van der Waals surface area (Å²) in [6.07, 6.45) is 6.27. The van der Waals surface area contributed by atoms with Gasteiger partial charge in [-0.15, -0.1) is 0 Å². The molecule has 2 aliphatic heterocycles. The molecule has 2 heterocycles. The Bertz CT molecular complexity index is 911. The molecule has 0 N–H and O–H groups in total. The van der Waals surface area contributed by atoms with Crippen molar-refractivity contribution < 1.29 is 23.9 Å². The Morgan fingerprint density at radius 1 is 1.19 bits per heavy atom. The molecule has 0 spiro atoms. The molecule has 2 saturated heterocycles. The summed E-state index contributed by atoms with van der Waals surface area (Å²) >= 11 is 4.32. The van der Waals surface area contributed by atoms with Crippen LogP contribution in [0.2, 0.25) is 0 Å². The van der Waals surface area contributed by atoms with Crippen molar-refractivity contribution in [2.24, 2.45) is 0 Å². The van der Waals surface area contributed by atoms with E-state index < -0.39 is 11.1 Å². The molecule has 0 unspecified atom stereocenters. The highest BCUT2D eigenvalue weighted by Gasteiger charge is 2.37. The molecule has 0 saturated carbocycles. The predicted molar refractivity (Wildman–Crippen MR) is 124 cm³/mol. The van der Waals surface area contributed by atoms with Crippen molar-refractivity contribution in [1.82, 2.24) is 9.80 Å². The summed E-state index contributed by atoms with van der Waals surface area (Å²) < 4.78 is 12.0. The van der Waals surface area contributed by atoms with Crippen LogP contribution in [0.4, 0.5) is 4.79 Å². The van der Waals surface area contributed by atoms with Gasteiger partial charge in [-0.1, -0.05) is 28.6 Å². The SMILES string of the molecule is C=CCOc1cc(Br)c(/C=C2\SC(=O)N(CC(=O)N3CCCCC3)C2=O)cc1OCC. The lowest BCUT2D eigenvalue weighted by Gasteiger charge is -2.27. The molecule has 0 radical (unpaired) electrons. The maximum absolute atomic E-state index is 12.8. The normalized spacial score (nSPS) is 17.9. The minimum atomic E-state index is -0.461. The van der Waals surface area contributed by atoms with Crippen molar-refractivity contribution in [1.29, 1.82) is 0 Å². The molecule has 3 amide bonds. The average molecular weight is 509 g/mol. The Morgan fingerprint density at radius 3 is 2.58 bits per heavy atom. The van der Waals surface area contributed by atoms with E-state index in [4.69, 9.17) is 9.47 Å². The standard InChI is InChI=1S/C22H25BrN2O5S/c1-3-10-30-18-13-16(23)15(11-17(18)29-4-2)12-19-21(27)25(22(28)31-19)14-20(26)24-8-6-5-7-9-24/h3,11-13H,1,4-10,14H2,2H3/b19-12-. The van der Waals surface area contributed by atoms with Gasteiger partial charge in [-0.25, -0.2) is 0 Å². The first kappa shape index (κ1) is 23.4. The Balaban J connectivity index is 1.79. The molecule has 9 heteroatoms. The molecule has 7 nitrogen and oxygen atoms in total. The van der Waals surface area contributed by atoms with E-state index in [1.165, 1.54) is 0 Å². The number of imide groups is 1. The third-order valence-corrected chi connectivity index (χ3v) is 6.48. The molecule has 0 aliphatic carbocycles. The molecule has 166 valence electrons. The largest absolute Gasteiger partial charge is 0.490 e. The topological polar surface area (TPSA) is 76.2 Å². The Kier molecular flexibility index (Phi) is 8.20. The van der Waals surface area contributed by atoms with Gasteiger partial charge >= 0.3 is 0 Å². The molecule has 0 aromatic heterocycles. The number of piperidine rings is 1. The van der Waals surface area contributed by atoms with Crippen LogP contribution in [-0.2, 0) is 9.59 Å². The van der Waals surface area contributed by atoms with Crippen molar-refractivity contribution in [2.45, 2.75) is 26.2 Å². The number of benzene rings is 1. The fraction of sp³-hybridized carbons (Fsp3) is 0.409. The number of rotatable bonds is 8. The van der Waals surface area contributed by atoms with E-state index in [9.17, 15) is 14.4 Å². The summed E-state index contributed by atoms with van der Waals surface area (Å²) in [7, 11) is 0. The first-order valence-corrected chi connectivity index (χ1v) is 11.8. The van der Waals surface area contributed by atoms with Gasteiger partial charge in [-0.05, 0) is 61.7 Å². The van der Waals surface area contributed by atoms with Crippen LogP contribution in [0.3, 0.4) is 0 Å². The molecule has 2 aliphatic rings. The molecule has 31 heavy (non-hydrogen) atoms. The van der Waals surface area contributed by atoms with Gasteiger partial charge < -0.3 is 14.4 Å². The summed E-state index contributed by atoms with van der Waals surface area (Å²) in [5, 5.41) is -0.436. The average Bonchev–Trinajstić information content (AvgIpc) is 3.02. The highest BCUT2D eigenvalue weighted by Crippen LogP contribution is 2.38. The van der Waals surface area contributed by atoms with Crippen LogP contribution in [0.25, 0.3) is 6.08 Å². The van der Waals surface area contributed by atoms with Crippen LogP contribution in [-0.4, -0.2) is 59.7 Å². The summed E-state index contributed by atoms with van der Waals surface area (Å²) in [5.74, 6) is 0.424. The zero-order valence-electron chi connectivity index (χ0n) is 17.4. The van der Waals surface area contributed by atoms with E-state index in [1.54, 1.807) is 29.2 Å². The maximum Gasteiger partial charge on any atom is 0.294 e. The van der Waals surface area contributed by atoms with E-state index in [1.807, 2.05) is 6.92 Å². The van der Waals surface area contributed by atoms with E-state index in [0.717, 1.165) is 35.9 Å². The Morgan fingerprint density at radius 2 is 1.90 bits per heavy atom.